The number of ether oxygens (including phenoxy) is 1. The van der Waals surface area contributed by atoms with Gasteiger partial charge < -0.3 is 18.9 Å². The number of benzene rings is 2. The predicted octanol–water partition coefficient (Wildman–Crippen LogP) is 3.83. The zero-order chi connectivity index (χ0) is 21.4. The molecular weight excluding hydrogens is 384 g/mol. The highest BCUT2D eigenvalue weighted by molar-refractivity contribution is 6.05. The monoisotopic (exact) mass is 404 g/mol. The molecule has 0 saturated heterocycles. The van der Waals surface area contributed by atoms with E-state index in [1.807, 2.05) is 38.1 Å². The molecule has 1 atom stereocenters. The third-order valence-corrected chi connectivity index (χ3v) is 5.07. The Morgan fingerprint density at radius 1 is 1.07 bits per heavy atom. The average molecular weight is 404 g/mol. The molecule has 0 aliphatic rings. The van der Waals surface area contributed by atoms with Crippen LogP contribution in [-0.2, 0) is 0 Å². The number of hydrogen-bond acceptors (Lipinski definition) is 6. The second kappa shape index (κ2) is 7.51. The summed E-state index contributed by atoms with van der Waals surface area (Å²) in [5.74, 6) is 0.267. The van der Waals surface area contributed by atoms with Gasteiger partial charge in [0, 0.05) is 11.5 Å². The van der Waals surface area contributed by atoms with Crippen LogP contribution in [0.4, 0.5) is 0 Å². The lowest BCUT2D eigenvalue weighted by atomic mass is 10.1. The van der Waals surface area contributed by atoms with E-state index < -0.39 is 11.5 Å². The van der Waals surface area contributed by atoms with E-state index >= 15 is 0 Å². The van der Waals surface area contributed by atoms with E-state index in [1.165, 1.54) is 12.1 Å². The van der Waals surface area contributed by atoms with Gasteiger partial charge in [0.25, 0.3) is 5.91 Å². The first-order valence-corrected chi connectivity index (χ1v) is 9.38. The lowest BCUT2D eigenvalue weighted by Gasteiger charge is -2.15. The van der Waals surface area contributed by atoms with Gasteiger partial charge in [-0.1, -0.05) is 12.1 Å². The number of amides is 1. The lowest BCUT2D eigenvalue weighted by molar-refractivity contribution is 0.0935. The third-order valence-electron chi connectivity index (χ3n) is 5.07. The molecule has 1 unspecified atom stereocenters. The number of aryl methyl sites for hydroxylation is 1. The molecule has 0 fully saturated rings. The minimum Gasteiger partial charge on any atom is -0.497 e. The van der Waals surface area contributed by atoms with Crippen molar-refractivity contribution in [1.29, 1.82) is 5.41 Å². The van der Waals surface area contributed by atoms with E-state index in [1.54, 1.807) is 19.2 Å². The number of methoxy groups -OCH3 is 1. The quantitative estimate of drug-likeness (QED) is 0.397. The second-order valence-corrected chi connectivity index (χ2v) is 7.06. The largest absolute Gasteiger partial charge is 0.497 e. The maximum Gasteiger partial charge on any atom is 0.336 e. The van der Waals surface area contributed by atoms with Crippen LogP contribution in [0.5, 0.6) is 5.75 Å². The van der Waals surface area contributed by atoms with Gasteiger partial charge in [0.2, 0.25) is 5.55 Å². The molecule has 2 aromatic carbocycles. The summed E-state index contributed by atoms with van der Waals surface area (Å²) in [5.41, 5.74) is 1.65. The van der Waals surface area contributed by atoms with E-state index in [0.717, 1.165) is 22.3 Å². The van der Waals surface area contributed by atoms with Crippen LogP contribution in [-0.4, -0.2) is 13.0 Å². The van der Waals surface area contributed by atoms with Gasteiger partial charge in [0.05, 0.1) is 18.5 Å². The highest BCUT2D eigenvalue weighted by Crippen LogP contribution is 2.26. The number of rotatable bonds is 4. The van der Waals surface area contributed by atoms with Crippen molar-refractivity contribution in [3.05, 3.63) is 81.2 Å². The van der Waals surface area contributed by atoms with Gasteiger partial charge in [-0.05, 0) is 55.3 Å². The summed E-state index contributed by atoms with van der Waals surface area (Å²) < 4.78 is 16.1. The van der Waals surface area contributed by atoms with Crippen LogP contribution in [0.1, 0.15) is 34.5 Å². The summed E-state index contributed by atoms with van der Waals surface area (Å²) in [6.45, 7) is 3.66. The van der Waals surface area contributed by atoms with Crippen LogP contribution in [0, 0.1) is 12.3 Å². The van der Waals surface area contributed by atoms with E-state index in [0.29, 0.717) is 16.6 Å². The molecule has 2 N–H and O–H groups in total. The highest BCUT2D eigenvalue weighted by Gasteiger charge is 2.17. The van der Waals surface area contributed by atoms with Crippen molar-refractivity contribution in [3.8, 4) is 5.75 Å². The average Bonchev–Trinajstić information content (AvgIpc) is 2.72. The Morgan fingerprint density at radius 2 is 1.80 bits per heavy atom. The Balaban J connectivity index is 1.74. The maximum absolute atomic E-state index is 12.9. The first-order chi connectivity index (χ1) is 14.4. The smallest absolute Gasteiger partial charge is 0.336 e. The molecule has 4 aromatic rings. The maximum atomic E-state index is 12.9. The Hall–Kier alpha value is -3.87. The van der Waals surface area contributed by atoms with Crippen molar-refractivity contribution in [2.24, 2.45) is 0 Å². The Labute approximate surface area is 171 Å². The standard InChI is InChI=1S/C23H20N2O5/c1-12-10-20(26)30-21-16(12)8-9-19-17(21)11-18(22(24)29-19)23(27)25-13(2)14-4-6-15(28-3)7-5-14/h4-11,13,24H,1-3H3,(H,25,27). The molecule has 2 aromatic heterocycles. The van der Waals surface area contributed by atoms with Crippen molar-refractivity contribution in [2.45, 2.75) is 19.9 Å². The van der Waals surface area contributed by atoms with E-state index in [9.17, 15) is 9.59 Å². The molecule has 2 heterocycles. The van der Waals surface area contributed by atoms with Gasteiger partial charge in [0.15, 0.2) is 0 Å². The Bertz CT molecular complexity index is 1380. The molecule has 0 aliphatic heterocycles. The number of carbonyl (C=O) groups excluding carboxylic acids is 1. The molecule has 0 aliphatic carbocycles. The first kappa shape index (κ1) is 19.4. The molecule has 30 heavy (non-hydrogen) atoms. The van der Waals surface area contributed by atoms with Crippen LogP contribution >= 0.6 is 0 Å². The van der Waals surface area contributed by atoms with Crippen LogP contribution < -0.4 is 21.2 Å². The van der Waals surface area contributed by atoms with Crippen molar-refractivity contribution >= 4 is 27.8 Å². The van der Waals surface area contributed by atoms with Gasteiger partial charge in [0.1, 0.15) is 22.5 Å². The van der Waals surface area contributed by atoms with E-state index in [-0.39, 0.29) is 17.2 Å². The van der Waals surface area contributed by atoms with Crippen molar-refractivity contribution in [3.63, 3.8) is 0 Å². The minimum absolute atomic E-state index is 0.0551. The van der Waals surface area contributed by atoms with Crippen LogP contribution in [0.2, 0.25) is 0 Å². The molecule has 0 bridgehead atoms. The topological polar surface area (TPSA) is 106 Å². The summed E-state index contributed by atoms with van der Waals surface area (Å²) in [7, 11) is 1.59. The SMILES string of the molecule is COc1ccc(C(C)NC(=O)c2cc3c(ccc4c(C)cc(=O)oc43)oc2=N)cc1. The molecule has 7 nitrogen and oxygen atoms in total. The summed E-state index contributed by atoms with van der Waals surface area (Å²) in [4.78, 5) is 24.7. The predicted molar refractivity (Wildman–Crippen MR) is 112 cm³/mol. The molecule has 152 valence electrons. The van der Waals surface area contributed by atoms with E-state index in [2.05, 4.69) is 5.32 Å². The fourth-order valence-corrected chi connectivity index (χ4v) is 3.41. The van der Waals surface area contributed by atoms with Crippen molar-refractivity contribution in [1.82, 2.24) is 5.32 Å². The molecule has 0 radical (unpaired) electrons. The molecule has 7 heteroatoms. The Kier molecular flexibility index (Phi) is 4.87. The molecule has 0 spiro atoms. The number of fused-ring (bicyclic) bond motifs is 3. The normalized spacial score (nSPS) is 12.1. The molecular formula is C23H20N2O5. The minimum atomic E-state index is -0.485. The molecule has 1 amide bonds. The molecule has 4 rings (SSSR count). The summed E-state index contributed by atoms with van der Waals surface area (Å²) in [5, 5.41) is 12.2. The van der Waals surface area contributed by atoms with Gasteiger partial charge >= 0.3 is 5.63 Å². The fraction of sp³-hybridized carbons (Fsp3) is 0.174. The third kappa shape index (κ3) is 3.45. The second-order valence-electron chi connectivity index (χ2n) is 7.06. The van der Waals surface area contributed by atoms with Crippen LogP contribution in [0.3, 0.4) is 0 Å². The summed E-state index contributed by atoms with van der Waals surface area (Å²) >= 11 is 0. The van der Waals surface area contributed by atoms with Crippen LogP contribution in [0.25, 0.3) is 21.9 Å². The van der Waals surface area contributed by atoms with Gasteiger partial charge in [-0.25, -0.2) is 4.79 Å². The number of carbonyl (C=O) groups is 1. The summed E-state index contributed by atoms with van der Waals surface area (Å²) in [6, 6.07) is 13.5. The number of hydrogen-bond donors (Lipinski definition) is 2. The first-order valence-electron chi connectivity index (χ1n) is 9.38. The Morgan fingerprint density at radius 3 is 2.50 bits per heavy atom. The zero-order valence-electron chi connectivity index (χ0n) is 16.7. The highest BCUT2D eigenvalue weighted by atomic mass is 16.5. The number of nitrogens with one attached hydrogen (secondary N) is 2. The fourth-order valence-electron chi connectivity index (χ4n) is 3.41. The molecule has 0 saturated carbocycles. The van der Waals surface area contributed by atoms with E-state index in [4.69, 9.17) is 19.0 Å². The van der Waals surface area contributed by atoms with Gasteiger partial charge in [-0.3, -0.25) is 10.2 Å². The van der Waals surface area contributed by atoms with Gasteiger partial charge in [-0.15, -0.1) is 0 Å². The van der Waals surface area contributed by atoms with Crippen molar-refractivity contribution in [2.75, 3.05) is 7.11 Å². The zero-order valence-corrected chi connectivity index (χ0v) is 16.7. The van der Waals surface area contributed by atoms with Crippen molar-refractivity contribution < 1.29 is 18.4 Å². The summed E-state index contributed by atoms with van der Waals surface area (Å²) in [6.07, 6.45) is 0. The van der Waals surface area contributed by atoms with Crippen LogP contribution in [0.15, 0.2) is 62.2 Å². The van der Waals surface area contributed by atoms with Gasteiger partial charge in [-0.2, -0.15) is 0 Å². The lowest BCUT2D eigenvalue weighted by Crippen LogP contribution is -2.30.